The lowest BCUT2D eigenvalue weighted by atomic mass is 10.0. The van der Waals surface area contributed by atoms with Gasteiger partial charge >= 0.3 is 18.4 Å². The lowest BCUT2D eigenvalue weighted by molar-refractivity contribution is -0.141. The van der Waals surface area contributed by atoms with Crippen molar-refractivity contribution in [3.8, 4) is 11.3 Å². The van der Waals surface area contributed by atoms with Gasteiger partial charge in [-0.05, 0) is 29.7 Å². The number of aliphatic hydroxyl groups excluding tert-OH is 4. The molecule has 4 rings (SSSR count). The molecular formula is C27H26F3N3O10. The number of H-pyrrole nitrogens is 1. The number of hydrogen-bond donors (Lipinski definition) is 6. The molecule has 1 aliphatic rings. The van der Waals surface area contributed by atoms with Crippen LogP contribution in [0.15, 0.2) is 53.3 Å². The van der Waals surface area contributed by atoms with Gasteiger partial charge in [0, 0.05) is 28.9 Å². The number of pyridine rings is 1. The number of cyclic esters (lactones) is 1. The number of nitrogens with zero attached hydrogens (tertiary/aromatic N) is 1. The van der Waals surface area contributed by atoms with Crippen molar-refractivity contribution >= 4 is 34.4 Å². The quantitative estimate of drug-likeness (QED) is 0.192. The summed E-state index contributed by atoms with van der Waals surface area (Å²) in [5.41, 5.74) is -1.59. The van der Waals surface area contributed by atoms with Crippen molar-refractivity contribution in [3.63, 3.8) is 0 Å². The van der Waals surface area contributed by atoms with Gasteiger partial charge in [-0.3, -0.25) is 14.5 Å². The minimum Gasteiger partial charge on any atom is -0.446 e. The van der Waals surface area contributed by atoms with Gasteiger partial charge in [-0.2, -0.15) is 13.2 Å². The fourth-order valence-corrected chi connectivity index (χ4v) is 4.37. The van der Waals surface area contributed by atoms with Crippen LogP contribution in [0.1, 0.15) is 5.56 Å². The molecule has 0 spiro atoms. The molecule has 3 aromatic rings. The number of anilines is 1. The molecule has 0 aliphatic carbocycles. The molecule has 2 heterocycles. The van der Waals surface area contributed by atoms with E-state index in [0.717, 1.165) is 11.0 Å². The van der Waals surface area contributed by atoms with Crippen LogP contribution in [-0.4, -0.2) is 94.1 Å². The zero-order valence-corrected chi connectivity index (χ0v) is 22.1. The number of rotatable bonds is 10. The highest BCUT2D eigenvalue weighted by atomic mass is 19.4. The molecule has 1 fully saturated rings. The van der Waals surface area contributed by atoms with Gasteiger partial charge in [0.25, 0.3) is 5.56 Å². The van der Waals surface area contributed by atoms with E-state index in [2.05, 4.69) is 10.3 Å². The van der Waals surface area contributed by atoms with Crippen molar-refractivity contribution in [3.05, 3.63) is 64.4 Å². The molecule has 16 heteroatoms. The number of carbonyl (C=O) groups is 3. The van der Waals surface area contributed by atoms with Gasteiger partial charge in [-0.1, -0.05) is 24.3 Å². The van der Waals surface area contributed by atoms with Crippen LogP contribution in [0.2, 0.25) is 0 Å². The van der Waals surface area contributed by atoms with E-state index in [0.29, 0.717) is 5.39 Å². The number of alkyl carbamates (subject to hydrolysis) is 1. The fourth-order valence-electron chi connectivity index (χ4n) is 4.37. The number of amides is 2. The Hall–Kier alpha value is -4.51. The molecule has 2 amide bonds. The number of fused-ring (bicyclic) bond motifs is 1. The summed E-state index contributed by atoms with van der Waals surface area (Å²) in [6, 6.07) is 10.5. The topological polar surface area (TPSA) is 199 Å². The van der Waals surface area contributed by atoms with Crippen LogP contribution in [0.4, 0.5) is 28.4 Å². The lowest BCUT2D eigenvalue weighted by Gasteiger charge is -2.21. The lowest BCUT2D eigenvalue weighted by Crippen LogP contribution is -2.48. The Labute approximate surface area is 240 Å². The van der Waals surface area contributed by atoms with E-state index in [-0.39, 0.29) is 28.9 Å². The van der Waals surface area contributed by atoms with E-state index in [1.807, 2.05) is 0 Å². The van der Waals surface area contributed by atoms with E-state index in [4.69, 9.17) is 14.6 Å². The summed E-state index contributed by atoms with van der Waals surface area (Å²) in [4.78, 5) is 52.1. The number of carbonyl (C=O) groups excluding carboxylic acids is 3. The van der Waals surface area contributed by atoms with Crippen molar-refractivity contribution in [1.82, 2.24) is 10.3 Å². The van der Waals surface area contributed by atoms with Crippen LogP contribution in [0.5, 0.6) is 0 Å². The van der Waals surface area contributed by atoms with Crippen molar-refractivity contribution in [2.75, 3.05) is 31.2 Å². The molecule has 13 nitrogen and oxygen atoms in total. The standard InChI is InChI=1S/C27H26F3N3O10/c28-27(29,30)18-4-2-1-3-16(18)19-7-13-5-6-14(8-17(13)24(39)32-19)33-10-15(43-26(33)41)12-42-25(40)31-9-20(35)22(37)23(38)21(36)11-34/h1-8,15,20,22-23,34-35,37-38H,9-12H2,(H,31,40)(H,32,39)/t15-,20-,22+,23+/m0/s1. The molecule has 0 saturated carbocycles. The molecular weight excluding hydrogens is 583 g/mol. The third-order valence-corrected chi connectivity index (χ3v) is 6.60. The predicted octanol–water partition coefficient (Wildman–Crippen LogP) is 0.909. The first-order chi connectivity index (χ1) is 20.3. The second kappa shape index (κ2) is 12.8. The third kappa shape index (κ3) is 7.11. The maximum absolute atomic E-state index is 13.5. The van der Waals surface area contributed by atoms with E-state index < -0.39 is 79.4 Å². The summed E-state index contributed by atoms with van der Waals surface area (Å²) in [6.07, 6.45) is -13.3. The highest BCUT2D eigenvalue weighted by Crippen LogP contribution is 2.36. The third-order valence-electron chi connectivity index (χ3n) is 6.60. The van der Waals surface area contributed by atoms with Crippen LogP contribution in [0, 0.1) is 0 Å². The minimum atomic E-state index is -4.64. The Balaban J connectivity index is 1.39. The van der Waals surface area contributed by atoms with Gasteiger partial charge in [0.15, 0.2) is 11.9 Å². The number of alkyl halides is 3. The van der Waals surface area contributed by atoms with Crippen LogP contribution >= 0.6 is 0 Å². The molecule has 6 N–H and O–H groups in total. The number of aromatic nitrogens is 1. The van der Waals surface area contributed by atoms with Crippen molar-refractivity contribution in [2.24, 2.45) is 0 Å². The Kier molecular flexibility index (Phi) is 9.34. The number of ketones is 1. The zero-order chi connectivity index (χ0) is 31.5. The maximum atomic E-state index is 13.5. The molecule has 43 heavy (non-hydrogen) atoms. The van der Waals surface area contributed by atoms with E-state index in [1.54, 1.807) is 0 Å². The zero-order valence-electron chi connectivity index (χ0n) is 22.1. The second-order valence-electron chi connectivity index (χ2n) is 9.55. The Morgan fingerprint density at radius 3 is 2.53 bits per heavy atom. The average Bonchev–Trinajstić information content (AvgIpc) is 3.37. The average molecular weight is 610 g/mol. The molecule has 2 aromatic carbocycles. The largest absolute Gasteiger partial charge is 0.446 e. The van der Waals surface area contributed by atoms with Crippen molar-refractivity contribution in [2.45, 2.75) is 30.6 Å². The van der Waals surface area contributed by atoms with Gasteiger partial charge < -0.3 is 40.2 Å². The molecule has 230 valence electrons. The Bertz CT molecular complexity index is 1580. The van der Waals surface area contributed by atoms with Gasteiger partial charge in [-0.25, -0.2) is 9.59 Å². The second-order valence-corrected chi connectivity index (χ2v) is 9.55. The number of ether oxygens (including phenoxy) is 2. The predicted molar refractivity (Wildman–Crippen MR) is 142 cm³/mol. The van der Waals surface area contributed by atoms with Gasteiger partial charge in [-0.15, -0.1) is 0 Å². The molecule has 1 saturated heterocycles. The van der Waals surface area contributed by atoms with Crippen molar-refractivity contribution < 1.29 is 57.5 Å². The van der Waals surface area contributed by atoms with Crippen LogP contribution in [-0.2, 0) is 20.4 Å². The smallest absolute Gasteiger partial charge is 0.417 e. The number of hydrogen-bond acceptors (Lipinski definition) is 10. The maximum Gasteiger partial charge on any atom is 0.417 e. The number of halogens is 3. The first-order valence-corrected chi connectivity index (χ1v) is 12.7. The number of benzene rings is 2. The molecule has 1 aliphatic heterocycles. The number of aliphatic hydroxyl groups is 4. The summed E-state index contributed by atoms with van der Waals surface area (Å²) in [5.74, 6) is -1.13. The summed E-state index contributed by atoms with van der Waals surface area (Å²) < 4.78 is 50.6. The molecule has 1 aromatic heterocycles. The van der Waals surface area contributed by atoms with Crippen LogP contribution in [0.3, 0.4) is 0 Å². The molecule has 4 atom stereocenters. The Morgan fingerprint density at radius 2 is 1.84 bits per heavy atom. The Morgan fingerprint density at radius 1 is 1.12 bits per heavy atom. The number of nitrogens with one attached hydrogen (secondary N) is 2. The summed E-state index contributed by atoms with van der Waals surface area (Å²) in [5, 5.41) is 40.2. The summed E-state index contributed by atoms with van der Waals surface area (Å²) in [6.45, 7) is -2.20. The fraction of sp³-hybridized carbons (Fsp3) is 0.333. The first kappa shape index (κ1) is 31.4. The molecule has 0 bridgehead atoms. The highest BCUT2D eigenvalue weighted by molar-refractivity contribution is 5.95. The van der Waals surface area contributed by atoms with Crippen molar-refractivity contribution in [1.29, 1.82) is 0 Å². The van der Waals surface area contributed by atoms with Crippen LogP contribution in [0.25, 0.3) is 22.0 Å². The molecule has 0 radical (unpaired) electrons. The van der Waals surface area contributed by atoms with Gasteiger partial charge in [0.2, 0.25) is 0 Å². The van der Waals surface area contributed by atoms with E-state index in [9.17, 15) is 47.7 Å². The number of Topliss-reactive ketones (excluding diaryl/α,β-unsaturated/α-hetero) is 1. The van der Waals surface area contributed by atoms with Crippen LogP contribution < -0.4 is 15.8 Å². The van der Waals surface area contributed by atoms with Gasteiger partial charge in [0.05, 0.1) is 12.1 Å². The SMILES string of the molecule is O=C(NC[C@H](O)[C@@H](O)[C@H](O)C(=O)CO)OC[C@@H]1CN(c2ccc3cc(-c4ccccc4C(F)(F)F)[nH]c(=O)c3c2)C(=O)O1. The monoisotopic (exact) mass is 609 g/mol. The minimum absolute atomic E-state index is 0.0360. The highest BCUT2D eigenvalue weighted by Gasteiger charge is 2.35. The number of aromatic amines is 1. The summed E-state index contributed by atoms with van der Waals surface area (Å²) in [7, 11) is 0. The normalized spacial score (nSPS) is 17.3. The van der Waals surface area contributed by atoms with E-state index >= 15 is 0 Å². The summed E-state index contributed by atoms with van der Waals surface area (Å²) >= 11 is 0. The van der Waals surface area contributed by atoms with E-state index in [1.165, 1.54) is 42.5 Å². The van der Waals surface area contributed by atoms with Gasteiger partial charge in [0.1, 0.15) is 31.5 Å². The first-order valence-electron chi connectivity index (χ1n) is 12.7. The molecule has 0 unspecified atom stereocenters.